The number of carbonyl (C=O) groups excluding carboxylic acids is 3. The second-order valence-corrected chi connectivity index (χ2v) is 10.2. The molecule has 0 spiro atoms. The number of nitrogens with one attached hydrogen (secondary N) is 1. The lowest BCUT2D eigenvalue weighted by atomic mass is 10.0. The van der Waals surface area contributed by atoms with E-state index in [0.717, 1.165) is 24.2 Å². The van der Waals surface area contributed by atoms with Crippen molar-refractivity contribution in [3.63, 3.8) is 0 Å². The Labute approximate surface area is 212 Å². The number of amides is 3. The van der Waals surface area contributed by atoms with E-state index in [1.807, 2.05) is 65.6 Å². The van der Waals surface area contributed by atoms with E-state index in [1.165, 1.54) is 18.7 Å². The fourth-order valence-electron chi connectivity index (χ4n) is 4.06. The summed E-state index contributed by atoms with van der Waals surface area (Å²) < 4.78 is 0. The number of carbonyl (C=O) groups is 3. The molecule has 3 rings (SSSR count). The third-order valence-electron chi connectivity index (χ3n) is 6.16. The second kappa shape index (κ2) is 13.9. The predicted molar refractivity (Wildman–Crippen MR) is 141 cm³/mol. The van der Waals surface area contributed by atoms with Gasteiger partial charge < -0.3 is 20.0 Å². The Hall–Kier alpha value is -2.84. The number of piperazine rings is 1. The largest absolute Gasteiger partial charge is 0.338 e. The fourth-order valence-corrected chi connectivity index (χ4v) is 4.66. The molecule has 1 atom stereocenters. The molecule has 1 heterocycles. The van der Waals surface area contributed by atoms with E-state index in [0.29, 0.717) is 44.8 Å². The van der Waals surface area contributed by atoms with E-state index in [-0.39, 0.29) is 17.1 Å². The van der Waals surface area contributed by atoms with Gasteiger partial charge in [-0.25, -0.2) is 4.79 Å². The number of hydrogen-bond donors (Lipinski definition) is 1. The summed E-state index contributed by atoms with van der Waals surface area (Å²) in [6.07, 6.45) is 1.14. The molecule has 7 nitrogen and oxygen atoms in total. The summed E-state index contributed by atoms with van der Waals surface area (Å²) in [7, 11) is 2.05. The SMILES string of the molecule is CC(=O)SCCN(CCc1ccccc1)C(=O)N[C@@H](Cc1ccccc1)C(=O)N1CCN(C)CC1. The number of rotatable bonds is 10. The van der Waals surface area contributed by atoms with Crippen LogP contribution in [0.25, 0.3) is 0 Å². The Morgan fingerprint density at radius 1 is 0.914 bits per heavy atom. The molecule has 35 heavy (non-hydrogen) atoms. The lowest BCUT2D eigenvalue weighted by molar-refractivity contribution is -0.134. The predicted octanol–water partition coefficient (Wildman–Crippen LogP) is 2.91. The van der Waals surface area contributed by atoms with Gasteiger partial charge in [-0.15, -0.1) is 0 Å². The Balaban J connectivity index is 1.71. The van der Waals surface area contributed by atoms with Gasteiger partial charge in [-0.2, -0.15) is 0 Å². The van der Waals surface area contributed by atoms with Gasteiger partial charge in [-0.3, -0.25) is 9.59 Å². The number of likely N-dealkylation sites (N-methyl/N-ethyl adjacent to an activating group) is 1. The van der Waals surface area contributed by atoms with E-state index in [1.54, 1.807) is 4.90 Å². The van der Waals surface area contributed by atoms with Gasteiger partial charge in [0.1, 0.15) is 6.04 Å². The first-order chi connectivity index (χ1) is 16.9. The van der Waals surface area contributed by atoms with E-state index in [9.17, 15) is 14.4 Å². The van der Waals surface area contributed by atoms with Crippen LogP contribution >= 0.6 is 11.8 Å². The first-order valence-corrected chi connectivity index (χ1v) is 13.1. The first kappa shape index (κ1) is 26.8. The molecule has 1 fully saturated rings. The molecule has 1 aliphatic heterocycles. The smallest absolute Gasteiger partial charge is 0.318 e. The molecule has 2 aromatic carbocycles. The Morgan fingerprint density at radius 3 is 2.11 bits per heavy atom. The minimum absolute atomic E-state index is 0.0283. The van der Waals surface area contributed by atoms with Crippen molar-refractivity contribution in [2.45, 2.75) is 25.8 Å². The standard InChI is InChI=1S/C27H36N4O3S/c1-22(32)35-20-19-31(14-13-23-9-5-3-6-10-23)27(34)28-25(21-24-11-7-4-8-12-24)26(33)30-17-15-29(2)16-18-30/h3-12,25H,13-21H2,1-2H3,(H,28,34)/t25-/m0/s1. The Kier molecular flexibility index (Phi) is 10.6. The summed E-state index contributed by atoms with van der Waals surface area (Å²) in [6.45, 7) is 5.43. The van der Waals surface area contributed by atoms with Crippen molar-refractivity contribution < 1.29 is 14.4 Å². The maximum absolute atomic E-state index is 13.5. The average Bonchev–Trinajstić information content (AvgIpc) is 2.86. The van der Waals surface area contributed by atoms with Crippen LogP contribution < -0.4 is 5.32 Å². The van der Waals surface area contributed by atoms with E-state index < -0.39 is 6.04 Å². The number of hydrogen-bond acceptors (Lipinski definition) is 5. The van der Waals surface area contributed by atoms with Crippen LogP contribution in [0.4, 0.5) is 4.79 Å². The molecule has 3 amide bonds. The van der Waals surface area contributed by atoms with E-state index in [4.69, 9.17) is 0 Å². The third kappa shape index (κ3) is 9.03. The lowest BCUT2D eigenvalue weighted by Gasteiger charge is -2.35. The van der Waals surface area contributed by atoms with E-state index >= 15 is 0 Å². The van der Waals surface area contributed by atoms with Gasteiger partial charge in [0.15, 0.2) is 5.12 Å². The van der Waals surface area contributed by atoms with Gasteiger partial charge in [0.05, 0.1) is 0 Å². The summed E-state index contributed by atoms with van der Waals surface area (Å²) in [5.74, 6) is 0.476. The highest BCUT2D eigenvalue weighted by Crippen LogP contribution is 2.11. The first-order valence-electron chi connectivity index (χ1n) is 12.2. The third-order valence-corrected chi connectivity index (χ3v) is 6.95. The summed E-state index contributed by atoms with van der Waals surface area (Å²) in [6, 6.07) is 18.9. The molecule has 1 saturated heterocycles. The van der Waals surface area contributed by atoms with Crippen LogP contribution in [0.15, 0.2) is 60.7 Å². The molecular formula is C27H36N4O3S. The van der Waals surface area contributed by atoms with Gasteiger partial charge in [0.25, 0.3) is 0 Å². The van der Waals surface area contributed by atoms with Crippen molar-refractivity contribution in [1.29, 1.82) is 0 Å². The van der Waals surface area contributed by atoms with Crippen molar-refractivity contribution >= 4 is 28.8 Å². The Morgan fingerprint density at radius 2 is 1.51 bits per heavy atom. The number of thioether (sulfide) groups is 1. The highest BCUT2D eigenvalue weighted by molar-refractivity contribution is 8.13. The van der Waals surface area contributed by atoms with Crippen molar-refractivity contribution in [2.24, 2.45) is 0 Å². The molecule has 188 valence electrons. The molecule has 8 heteroatoms. The van der Waals surface area contributed by atoms with E-state index in [2.05, 4.69) is 17.3 Å². The molecule has 0 aliphatic carbocycles. The highest BCUT2D eigenvalue weighted by Gasteiger charge is 2.29. The minimum Gasteiger partial charge on any atom is -0.338 e. The summed E-state index contributed by atoms with van der Waals surface area (Å²) in [4.78, 5) is 44.1. The molecular weight excluding hydrogens is 460 g/mol. The summed E-state index contributed by atoms with van der Waals surface area (Å²) >= 11 is 1.21. The van der Waals surface area contributed by atoms with Gasteiger partial charge in [-0.1, -0.05) is 72.4 Å². The van der Waals surface area contributed by atoms with Crippen molar-refractivity contribution in [3.05, 3.63) is 71.8 Å². The van der Waals surface area contributed by atoms with Gasteiger partial charge in [0.2, 0.25) is 5.91 Å². The Bertz CT molecular complexity index is 949. The fraction of sp³-hybridized carbons (Fsp3) is 0.444. The highest BCUT2D eigenvalue weighted by atomic mass is 32.2. The van der Waals surface area contributed by atoms with Crippen molar-refractivity contribution in [3.8, 4) is 0 Å². The lowest BCUT2D eigenvalue weighted by Crippen LogP contribution is -2.57. The van der Waals surface area contributed by atoms with Crippen LogP contribution in [0, 0.1) is 0 Å². The number of benzene rings is 2. The molecule has 0 bridgehead atoms. The maximum atomic E-state index is 13.5. The molecule has 0 radical (unpaired) electrons. The quantitative estimate of drug-likeness (QED) is 0.548. The molecule has 0 unspecified atom stereocenters. The van der Waals surface area contributed by atoms with Crippen LogP contribution in [0.3, 0.4) is 0 Å². The van der Waals surface area contributed by atoms with Crippen LogP contribution in [-0.2, 0) is 22.4 Å². The van der Waals surface area contributed by atoms with Crippen molar-refractivity contribution in [2.75, 3.05) is 52.1 Å². The zero-order chi connectivity index (χ0) is 25.0. The normalized spacial score (nSPS) is 14.9. The van der Waals surface area contributed by atoms with Gasteiger partial charge in [0, 0.05) is 58.4 Å². The summed E-state index contributed by atoms with van der Waals surface area (Å²) in [5, 5.41) is 3.06. The van der Waals surface area contributed by atoms with Gasteiger partial charge >= 0.3 is 6.03 Å². The maximum Gasteiger partial charge on any atom is 0.318 e. The summed E-state index contributed by atoms with van der Waals surface area (Å²) in [5.41, 5.74) is 2.14. The number of urea groups is 1. The molecule has 0 aromatic heterocycles. The second-order valence-electron chi connectivity index (χ2n) is 8.88. The molecule has 1 aliphatic rings. The zero-order valence-corrected chi connectivity index (χ0v) is 21.5. The van der Waals surface area contributed by atoms with Crippen molar-refractivity contribution in [1.82, 2.24) is 20.0 Å². The van der Waals surface area contributed by atoms with Crippen LogP contribution in [0.1, 0.15) is 18.1 Å². The van der Waals surface area contributed by atoms with Crippen LogP contribution in [0.2, 0.25) is 0 Å². The van der Waals surface area contributed by atoms with Crippen LogP contribution in [0.5, 0.6) is 0 Å². The molecule has 2 aromatic rings. The van der Waals surface area contributed by atoms with Crippen LogP contribution in [-0.4, -0.2) is 89.9 Å². The molecule has 1 N–H and O–H groups in total. The molecule has 0 saturated carbocycles. The minimum atomic E-state index is -0.645. The number of nitrogens with zero attached hydrogens (tertiary/aromatic N) is 3. The topological polar surface area (TPSA) is 73.0 Å². The van der Waals surface area contributed by atoms with Gasteiger partial charge in [-0.05, 0) is 24.6 Å². The average molecular weight is 497 g/mol. The monoisotopic (exact) mass is 496 g/mol. The zero-order valence-electron chi connectivity index (χ0n) is 20.7.